The van der Waals surface area contributed by atoms with E-state index >= 15 is 0 Å². The number of hydrogen-bond donors (Lipinski definition) is 1. The molecule has 0 heterocycles. The maximum atomic E-state index is 10.8. The zero-order valence-electron chi connectivity index (χ0n) is 10.2. The van der Waals surface area contributed by atoms with Crippen LogP contribution in [0.1, 0.15) is 20.8 Å². The van der Waals surface area contributed by atoms with E-state index in [0.717, 1.165) is 6.41 Å². The Labute approximate surface area is 96.0 Å². The van der Waals surface area contributed by atoms with Gasteiger partial charge >= 0.3 is 0 Å². The van der Waals surface area contributed by atoms with Crippen LogP contribution in [0.4, 0.5) is 11.4 Å². The number of nitrogens with zero attached hydrogens (tertiary/aromatic N) is 1. The highest BCUT2D eigenvalue weighted by atomic mass is 16.5. The first-order chi connectivity index (χ1) is 7.33. The Kier molecular flexibility index (Phi) is 3.42. The van der Waals surface area contributed by atoms with Crippen molar-refractivity contribution in [2.75, 3.05) is 17.7 Å². The van der Waals surface area contributed by atoms with E-state index in [4.69, 9.17) is 10.5 Å². The Morgan fingerprint density at radius 1 is 1.38 bits per heavy atom. The highest BCUT2D eigenvalue weighted by Crippen LogP contribution is 2.31. The summed E-state index contributed by atoms with van der Waals surface area (Å²) in [5.74, 6) is 0.649. The number of hydrogen-bond acceptors (Lipinski definition) is 3. The van der Waals surface area contributed by atoms with E-state index in [0.29, 0.717) is 17.1 Å². The number of ether oxygens (including phenoxy) is 1. The van der Waals surface area contributed by atoms with Gasteiger partial charge in [0.1, 0.15) is 11.4 Å². The van der Waals surface area contributed by atoms with Crippen LogP contribution in [0.3, 0.4) is 0 Å². The van der Waals surface area contributed by atoms with Crippen molar-refractivity contribution >= 4 is 17.8 Å². The van der Waals surface area contributed by atoms with Gasteiger partial charge in [0.25, 0.3) is 0 Å². The molecule has 0 unspecified atom stereocenters. The monoisotopic (exact) mass is 222 g/mol. The quantitative estimate of drug-likeness (QED) is 0.629. The molecular formula is C12H18N2O2. The van der Waals surface area contributed by atoms with Crippen LogP contribution in [0, 0.1) is 0 Å². The minimum Gasteiger partial charge on any atom is -0.486 e. The van der Waals surface area contributed by atoms with Gasteiger partial charge in [-0.3, -0.25) is 4.79 Å². The number of rotatable bonds is 3. The lowest BCUT2D eigenvalue weighted by atomic mass is 10.2. The molecule has 4 heteroatoms. The van der Waals surface area contributed by atoms with E-state index in [1.54, 1.807) is 25.2 Å². The number of nitrogens with two attached hydrogens (primary N) is 1. The second kappa shape index (κ2) is 4.43. The number of anilines is 2. The van der Waals surface area contributed by atoms with Gasteiger partial charge in [-0.2, -0.15) is 0 Å². The molecule has 0 aliphatic rings. The maximum Gasteiger partial charge on any atom is 0.213 e. The molecule has 0 saturated carbocycles. The number of amides is 1. The van der Waals surface area contributed by atoms with Crippen molar-refractivity contribution in [2.24, 2.45) is 0 Å². The van der Waals surface area contributed by atoms with Crippen LogP contribution >= 0.6 is 0 Å². The molecule has 0 fully saturated rings. The predicted molar refractivity (Wildman–Crippen MR) is 65.7 cm³/mol. The molecule has 0 aliphatic heterocycles. The number of benzene rings is 1. The van der Waals surface area contributed by atoms with E-state index < -0.39 is 0 Å². The first-order valence-electron chi connectivity index (χ1n) is 5.10. The van der Waals surface area contributed by atoms with E-state index in [9.17, 15) is 4.79 Å². The van der Waals surface area contributed by atoms with Crippen molar-refractivity contribution < 1.29 is 9.53 Å². The molecule has 0 bridgehead atoms. The smallest absolute Gasteiger partial charge is 0.213 e. The molecule has 0 aliphatic carbocycles. The highest BCUT2D eigenvalue weighted by Gasteiger charge is 2.16. The fourth-order valence-electron chi connectivity index (χ4n) is 1.28. The number of carbonyl (C=O) groups is 1. The molecule has 1 amide bonds. The van der Waals surface area contributed by atoms with Crippen LogP contribution in [-0.4, -0.2) is 19.1 Å². The average Bonchev–Trinajstić information content (AvgIpc) is 2.17. The van der Waals surface area contributed by atoms with Crippen molar-refractivity contribution in [3.8, 4) is 5.75 Å². The zero-order valence-corrected chi connectivity index (χ0v) is 10.2. The third-order valence-electron chi connectivity index (χ3n) is 1.94. The first kappa shape index (κ1) is 12.4. The van der Waals surface area contributed by atoms with E-state index in [1.807, 2.05) is 20.8 Å². The lowest BCUT2D eigenvalue weighted by Crippen LogP contribution is -2.25. The Morgan fingerprint density at radius 3 is 2.50 bits per heavy atom. The molecule has 88 valence electrons. The summed E-state index contributed by atoms with van der Waals surface area (Å²) in [6, 6.07) is 5.24. The molecule has 0 spiro atoms. The summed E-state index contributed by atoms with van der Waals surface area (Å²) in [4.78, 5) is 12.2. The summed E-state index contributed by atoms with van der Waals surface area (Å²) < 4.78 is 5.75. The van der Waals surface area contributed by atoms with Crippen LogP contribution < -0.4 is 15.4 Å². The standard InChI is InChI=1S/C12H18N2O2/c1-12(2,3)16-11-6-5-9(13)7-10(11)14(4)8-15/h5-8H,13H2,1-4H3. The van der Waals surface area contributed by atoms with Crippen LogP contribution in [-0.2, 0) is 4.79 Å². The fourth-order valence-corrected chi connectivity index (χ4v) is 1.28. The van der Waals surface area contributed by atoms with Crippen molar-refractivity contribution in [1.29, 1.82) is 0 Å². The molecule has 1 aromatic carbocycles. The second-order valence-electron chi connectivity index (χ2n) is 4.66. The minimum absolute atomic E-state index is 0.311. The Hall–Kier alpha value is -1.71. The predicted octanol–water partition coefficient (Wildman–Crippen LogP) is 2.04. The van der Waals surface area contributed by atoms with Crippen molar-refractivity contribution in [2.45, 2.75) is 26.4 Å². The molecule has 4 nitrogen and oxygen atoms in total. The number of carbonyl (C=O) groups excluding carboxylic acids is 1. The van der Waals surface area contributed by atoms with Gasteiger partial charge < -0.3 is 15.4 Å². The lowest BCUT2D eigenvalue weighted by molar-refractivity contribution is -0.107. The van der Waals surface area contributed by atoms with E-state index in [1.165, 1.54) is 4.90 Å². The second-order valence-corrected chi connectivity index (χ2v) is 4.66. The van der Waals surface area contributed by atoms with Crippen molar-refractivity contribution in [3.05, 3.63) is 18.2 Å². The Bertz CT molecular complexity index is 383. The van der Waals surface area contributed by atoms with Gasteiger partial charge in [0.05, 0.1) is 5.69 Å². The molecule has 0 atom stereocenters. The van der Waals surface area contributed by atoms with Crippen LogP contribution in [0.15, 0.2) is 18.2 Å². The van der Waals surface area contributed by atoms with Gasteiger partial charge in [0.15, 0.2) is 0 Å². The van der Waals surface area contributed by atoms with Gasteiger partial charge in [0.2, 0.25) is 6.41 Å². The van der Waals surface area contributed by atoms with Gasteiger partial charge in [-0.15, -0.1) is 0 Å². The van der Waals surface area contributed by atoms with Crippen molar-refractivity contribution in [3.63, 3.8) is 0 Å². The van der Waals surface area contributed by atoms with Crippen LogP contribution in [0.25, 0.3) is 0 Å². The maximum absolute atomic E-state index is 10.8. The largest absolute Gasteiger partial charge is 0.486 e. The van der Waals surface area contributed by atoms with Crippen LogP contribution in [0.5, 0.6) is 5.75 Å². The summed E-state index contributed by atoms with van der Waals surface area (Å²) >= 11 is 0. The third kappa shape index (κ3) is 3.15. The molecule has 16 heavy (non-hydrogen) atoms. The van der Waals surface area contributed by atoms with Crippen LogP contribution in [0.2, 0.25) is 0 Å². The number of nitrogen functional groups attached to an aromatic ring is 1. The summed E-state index contributed by atoms with van der Waals surface area (Å²) in [7, 11) is 1.66. The van der Waals surface area contributed by atoms with Gasteiger partial charge in [-0.05, 0) is 39.0 Å². The normalized spacial score (nSPS) is 11.0. The summed E-state index contributed by atoms with van der Waals surface area (Å²) in [6.45, 7) is 5.86. The minimum atomic E-state index is -0.311. The topological polar surface area (TPSA) is 55.6 Å². The van der Waals surface area contributed by atoms with Gasteiger partial charge in [-0.1, -0.05) is 0 Å². The molecule has 1 aromatic rings. The van der Waals surface area contributed by atoms with Gasteiger partial charge in [0, 0.05) is 12.7 Å². The molecule has 2 N–H and O–H groups in total. The highest BCUT2D eigenvalue weighted by molar-refractivity contribution is 5.80. The third-order valence-corrected chi connectivity index (χ3v) is 1.94. The summed E-state index contributed by atoms with van der Waals surface area (Å²) in [5, 5.41) is 0. The molecule has 0 aromatic heterocycles. The fraction of sp³-hybridized carbons (Fsp3) is 0.417. The summed E-state index contributed by atoms with van der Waals surface area (Å²) in [6.07, 6.45) is 0.726. The zero-order chi connectivity index (χ0) is 12.3. The Balaban J connectivity index is 3.12. The van der Waals surface area contributed by atoms with Crippen molar-refractivity contribution in [1.82, 2.24) is 0 Å². The molecule has 0 saturated heterocycles. The summed E-state index contributed by atoms with van der Waals surface area (Å²) in [5.41, 5.74) is 6.65. The van der Waals surface area contributed by atoms with E-state index in [2.05, 4.69) is 0 Å². The van der Waals surface area contributed by atoms with E-state index in [-0.39, 0.29) is 5.60 Å². The van der Waals surface area contributed by atoms with Gasteiger partial charge in [-0.25, -0.2) is 0 Å². The molecule has 0 radical (unpaired) electrons. The molecule has 1 rings (SSSR count). The molecular weight excluding hydrogens is 204 g/mol. The first-order valence-corrected chi connectivity index (χ1v) is 5.10. The average molecular weight is 222 g/mol. The SMILES string of the molecule is CN(C=O)c1cc(N)ccc1OC(C)(C)C. The Morgan fingerprint density at radius 2 is 2.00 bits per heavy atom. The lowest BCUT2D eigenvalue weighted by Gasteiger charge is -2.25.